The SMILES string of the molecule is C1CCC(SC2CC3CCC(C2)N3)CC1. The zero-order chi connectivity index (χ0) is 10.1. The van der Waals surface area contributed by atoms with E-state index in [-0.39, 0.29) is 0 Å². The number of rotatable bonds is 2. The van der Waals surface area contributed by atoms with Crippen molar-refractivity contribution in [3.63, 3.8) is 0 Å². The summed E-state index contributed by atoms with van der Waals surface area (Å²) in [5, 5.41) is 5.75. The molecule has 0 spiro atoms. The van der Waals surface area contributed by atoms with Crippen LogP contribution in [0.1, 0.15) is 57.8 Å². The lowest BCUT2D eigenvalue weighted by Gasteiger charge is -2.32. The van der Waals surface area contributed by atoms with Gasteiger partial charge in [-0.05, 0) is 38.5 Å². The number of thioether (sulfide) groups is 1. The van der Waals surface area contributed by atoms with E-state index in [2.05, 4.69) is 17.1 Å². The second-order valence-corrected chi connectivity index (χ2v) is 7.23. The van der Waals surface area contributed by atoms with Crippen LogP contribution in [0.3, 0.4) is 0 Å². The summed E-state index contributed by atoms with van der Waals surface area (Å²) in [6.07, 6.45) is 13.3. The van der Waals surface area contributed by atoms with E-state index in [4.69, 9.17) is 0 Å². The topological polar surface area (TPSA) is 12.0 Å². The molecule has 3 fully saturated rings. The molecule has 2 saturated heterocycles. The first-order chi connectivity index (χ1) is 7.40. The Morgan fingerprint density at radius 2 is 1.40 bits per heavy atom. The molecule has 1 aliphatic carbocycles. The first-order valence-electron chi connectivity index (χ1n) is 6.81. The predicted molar refractivity (Wildman–Crippen MR) is 67.4 cm³/mol. The Morgan fingerprint density at radius 1 is 0.733 bits per heavy atom. The van der Waals surface area contributed by atoms with Crippen molar-refractivity contribution in [2.75, 3.05) is 0 Å². The third-order valence-corrected chi connectivity index (χ3v) is 5.99. The monoisotopic (exact) mass is 225 g/mol. The fourth-order valence-corrected chi connectivity index (χ4v) is 5.43. The first kappa shape index (κ1) is 10.5. The van der Waals surface area contributed by atoms with E-state index < -0.39 is 0 Å². The number of piperidine rings is 1. The van der Waals surface area contributed by atoms with Crippen LogP contribution in [0.5, 0.6) is 0 Å². The molecular weight excluding hydrogens is 202 g/mol. The third-order valence-electron chi connectivity index (χ3n) is 4.37. The van der Waals surface area contributed by atoms with Crippen LogP contribution in [0.4, 0.5) is 0 Å². The molecule has 2 heteroatoms. The Labute approximate surface area is 97.8 Å². The third kappa shape index (κ3) is 2.52. The summed E-state index contributed by atoms with van der Waals surface area (Å²) in [6.45, 7) is 0. The van der Waals surface area contributed by atoms with Crippen molar-refractivity contribution in [1.82, 2.24) is 5.32 Å². The predicted octanol–water partition coefficient (Wildman–Crippen LogP) is 3.34. The van der Waals surface area contributed by atoms with Gasteiger partial charge in [0.2, 0.25) is 0 Å². The summed E-state index contributed by atoms with van der Waals surface area (Å²) >= 11 is 2.35. The van der Waals surface area contributed by atoms with Crippen molar-refractivity contribution in [2.45, 2.75) is 80.4 Å². The van der Waals surface area contributed by atoms with E-state index in [1.165, 1.54) is 57.8 Å². The van der Waals surface area contributed by atoms with Gasteiger partial charge in [-0.3, -0.25) is 0 Å². The van der Waals surface area contributed by atoms with Crippen LogP contribution in [0.15, 0.2) is 0 Å². The minimum atomic E-state index is 0.879. The number of hydrogen-bond acceptors (Lipinski definition) is 2. The maximum atomic E-state index is 3.74. The average molecular weight is 225 g/mol. The molecule has 0 aromatic rings. The van der Waals surface area contributed by atoms with E-state index in [1.54, 1.807) is 0 Å². The van der Waals surface area contributed by atoms with Gasteiger partial charge in [0.05, 0.1) is 0 Å². The minimum Gasteiger partial charge on any atom is -0.311 e. The van der Waals surface area contributed by atoms with E-state index in [9.17, 15) is 0 Å². The van der Waals surface area contributed by atoms with Gasteiger partial charge in [0, 0.05) is 22.6 Å². The van der Waals surface area contributed by atoms with Gasteiger partial charge in [0.25, 0.3) is 0 Å². The van der Waals surface area contributed by atoms with E-state index in [1.807, 2.05) is 0 Å². The second-order valence-electron chi connectivity index (χ2n) is 5.63. The standard InChI is InChI=1S/C13H23NS/c1-2-4-12(5-3-1)15-13-8-10-6-7-11(9-13)14-10/h10-14H,1-9H2. The summed E-state index contributed by atoms with van der Waals surface area (Å²) in [7, 11) is 0. The fourth-order valence-electron chi connectivity index (χ4n) is 3.59. The van der Waals surface area contributed by atoms with Crippen LogP contribution in [0.25, 0.3) is 0 Å². The minimum absolute atomic E-state index is 0.879. The van der Waals surface area contributed by atoms with Crippen molar-refractivity contribution < 1.29 is 0 Å². The molecule has 1 N–H and O–H groups in total. The normalized spacial score (nSPS) is 42.0. The molecule has 2 aliphatic heterocycles. The molecule has 0 aromatic carbocycles. The molecular formula is C13H23NS. The van der Waals surface area contributed by atoms with Crippen molar-refractivity contribution in [3.05, 3.63) is 0 Å². The second kappa shape index (κ2) is 4.67. The average Bonchev–Trinajstić information content (AvgIpc) is 2.60. The molecule has 3 aliphatic rings. The molecule has 2 bridgehead atoms. The van der Waals surface area contributed by atoms with Crippen molar-refractivity contribution in [2.24, 2.45) is 0 Å². The Hall–Kier alpha value is 0.310. The summed E-state index contributed by atoms with van der Waals surface area (Å²) in [5.74, 6) is 0. The lowest BCUT2D eigenvalue weighted by molar-refractivity contribution is 0.412. The van der Waals surface area contributed by atoms with Crippen molar-refractivity contribution >= 4 is 11.8 Å². The summed E-state index contributed by atoms with van der Waals surface area (Å²) in [4.78, 5) is 0. The van der Waals surface area contributed by atoms with Crippen molar-refractivity contribution in [3.8, 4) is 0 Å². The van der Waals surface area contributed by atoms with Gasteiger partial charge in [-0.25, -0.2) is 0 Å². The van der Waals surface area contributed by atoms with E-state index in [0.717, 1.165) is 22.6 Å². The molecule has 0 aromatic heterocycles. The van der Waals surface area contributed by atoms with Crippen LogP contribution >= 0.6 is 11.8 Å². The highest BCUT2D eigenvalue weighted by Gasteiger charge is 2.34. The largest absolute Gasteiger partial charge is 0.311 e. The lowest BCUT2D eigenvalue weighted by Crippen LogP contribution is -2.39. The van der Waals surface area contributed by atoms with Crippen LogP contribution < -0.4 is 5.32 Å². The van der Waals surface area contributed by atoms with Gasteiger partial charge < -0.3 is 5.32 Å². The molecule has 2 unspecified atom stereocenters. The maximum Gasteiger partial charge on any atom is 0.00807 e. The smallest absolute Gasteiger partial charge is 0.00807 e. The van der Waals surface area contributed by atoms with E-state index in [0.29, 0.717) is 0 Å². The van der Waals surface area contributed by atoms with E-state index >= 15 is 0 Å². The van der Waals surface area contributed by atoms with Crippen LogP contribution in [-0.4, -0.2) is 22.6 Å². The van der Waals surface area contributed by atoms with Gasteiger partial charge in [-0.1, -0.05) is 19.3 Å². The summed E-state index contributed by atoms with van der Waals surface area (Å²) in [5.41, 5.74) is 0. The molecule has 0 amide bonds. The zero-order valence-corrected chi connectivity index (χ0v) is 10.4. The molecule has 15 heavy (non-hydrogen) atoms. The van der Waals surface area contributed by atoms with Crippen LogP contribution in [0, 0.1) is 0 Å². The Morgan fingerprint density at radius 3 is 2.07 bits per heavy atom. The highest BCUT2D eigenvalue weighted by Crippen LogP contribution is 2.39. The molecule has 2 atom stereocenters. The van der Waals surface area contributed by atoms with Gasteiger partial charge >= 0.3 is 0 Å². The summed E-state index contributed by atoms with van der Waals surface area (Å²) in [6, 6.07) is 1.76. The summed E-state index contributed by atoms with van der Waals surface area (Å²) < 4.78 is 0. The first-order valence-corrected chi connectivity index (χ1v) is 7.76. The molecule has 0 radical (unpaired) electrons. The van der Waals surface area contributed by atoms with Crippen LogP contribution in [-0.2, 0) is 0 Å². The number of nitrogens with one attached hydrogen (secondary N) is 1. The van der Waals surface area contributed by atoms with Gasteiger partial charge in [0.1, 0.15) is 0 Å². The number of fused-ring (bicyclic) bond motifs is 2. The fraction of sp³-hybridized carbons (Fsp3) is 1.00. The highest BCUT2D eigenvalue weighted by molar-refractivity contribution is 8.00. The molecule has 86 valence electrons. The maximum absolute atomic E-state index is 3.74. The highest BCUT2D eigenvalue weighted by atomic mass is 32.2. The molecule has 1 saturated carbocycles. The molecule has 2 heterocycles. The number of hydrogen-bond donors (Lipinski definition) is 1. The zero-order valence-electron chi connectivity index (χ0n) is 9.58. The van der Waals surface area contributed by atoms with Crippen molar-refractivity contribution in [1.29, 1.82) is 0 Å². The van der Waals surface area contributed by atoms with Gasteiger partial charge in [-0.15, -0.1) is 0 Å². The Bertz CT molecular complexity index is 201. The molecule has 3 rings (SSSR count). The molecule has 1 nitrogen and oxygen atoms in total. The van der Waals surface area contributed by atoms with Gasteiger partial charge in [-0.2, -0.15) is 11.8 Å². The lowest BCUT2D eigenvalue weighted by atomic mass is 10.0. The Balaban J connectivity index is 1.50. The Kier molecular flexibility index (Phi) is 3.25. The quantitative estimate of drug-likeness (QED) is 0.773. The van der Waals surface area contributed by atoms with Crippen LogP contribution in [0.2, 0.25) is 0 Å². The van der Waals surface area contributed by atoms with Gasteiger partial charge in [0.15, 0.2) is 0 Å².